The van der Waals surface area contributed by atoms with E-state index in [9.17, 15) is 18.0 Å². The molecule has 8 nitrogen and oxygen atoms in total. The fourth-order valence-corrected chi connectivity index (χ4v) is 7.21. The zero-order chi connectivity index (χ0) is 23.0. The number of amides is 2. The number of likely N-dealkylation sites (N-methyl/N-ethyl adjacent to an activating group) is 1. The number of sulfonamides is 1. The molecule has 2 aliphatic rings. The van der Waals surface area contributed by atoms with E-state index in [-0.39, 0.29) is 23.3 Å². The Bertz CT molecular complexity index is 1140. The van der Waals surface area contributed by atoms with E-state index in [1.807, 2.05) is 7.05 Å². The first-order valence-corrected chi connectivity index (χ1v) is 13.0. The molecule has 4 rings (SSSR count). The van der Waals surface area contributed by atoms with Crippen LogP contribution in [-0.4, -0.2) is 56.1 Å². The normalized spacial score (nSPS) is 16.9. The molecule has 3 N–H and O–H groups in total. The van der Waals surface area contributed by atoms with Gasteiger partial charge in [-0.25, -0.2) is 8.42 Å². The van der Waals surface area contributed by atoms with Crippen LogP contribution in [0.5, 0.6) is 0 Å². The van der Waals surface area contributed by atoms with Gasteiger partial charge < -0.3 is 16.0 Å². The van der Waals surface area contributed by atoms with Crippen LogP contribution in [0.4, 0.5) is 5.00 Å². The van der Waals surface area contributed by atoms with E-state index in [1.165, 1.54) is 39.9 Å². The Labute approximate surface area is 204 Å². The smallest absolute Gasteiger partial charge is 0.256 e. The molecule has 1 aromatic heterocycles. The molecule has 0 saturated heterocycles. The summed E-state index contributed by atoms with van der Waals surface area (Å²) >= 11 is 1.37. The van der Waals surface area contributed by atoms with Crippen LogP contribution < -0.4 is 11.1 Å². The van der Waals surface area contributed by atoms with Crippen molar-refractivity contribution in [1.82, 2.24) is 9.21 Å². The molecule has 1 aromatic carbocycles. The molecule has 0 atom stereocenters. The van der Waals surface area contributed by atoms with Crippen LogP contribution in [0.2, 0.25) is 0 Å². The zero-order valence-electron chi connectivity index (χ0n) is 18.7. The molecule has 1 aliphatic heterocycles. The second kappa shape index (κ2) is 10.1. The Morgan fingerprint density at radius 1 is 1.18 bits per heavy atom. The zero-order valence-corrected chi connectivity index (χ0v) is 21.1. The standard InChI is InChI=1S/C22H28N4O4S2.ClH/c1-25-12-11-17-18(13-25)31-22(19(17)20(23)27)24-21(28)14-7-9-16(10-8-14)32(29,30)26(2)15-5-3-4-6-15;/h7-10,15H,3-6,11-13H2,1-2H3,(H2,23,27)(H,24,28);1H. The predicted octanol–water partition coefficient (Wildman–Crippen LogP) is 3.07. The van der Waals surface area contributed by atoms with Gasteiger partial charge in [0.15, 0.2) is 0 Å². The molecule has 0 bridgehead atoms. The van der Waals surface area contributed by atoms with Crippen molar-refractivity contribution in [1.29, 1.82) is 0 Å². The van der Waals surface area contributed by atoms with Crippen molar-refractivity contribution in [3.05, 3.63) is 45.8 Å². The van der Waals surface area contributed by atoms with Gasteiger partial charge in [0.2, 0.25) is 10.0 Å². The number of fused-ring (bicyclic) bond motifs is 1. The minimum absolute atomic E-state index is 0. The van der Waals surface area contributed by atoms with Crippen LogP contribution in [0.15, 0.2) is 29.2 Å². The van der Waals surface area contributed by atoms with Crippen LogP contribution in [0.3, 0.4) is 0 Å². The fraction of sp³-hybridized carbons (Fsp3) is 0.455. The summed E-state index contributed by atoms with van der Waals surface area (Å²) < 4.78 is 27.3. The molecule has 2 aromatic rings. The van der Waals surface area contributed by atoms with Crippen LogP contribution in [0.1, 0.15) is 56.8 Å². The topological polar surface area (TPSA) is 113 Å². The molecule has 180 valence electrons. The second-order valence-electron chi connectivity index (χ2n) is 8.50. The predicted molar refractivity (Wildman–Crippen MR) is 132 cm³/mol. The SMILES string of the molecule is CN1CCc2c(sc(NC(=O)c3ccc(S(=O)(=O)N(C)C4CCCC4)cc3)c2C(N)=O)C1.Cl. The molecule has 33 heavy (non-hydrogen) atoms. The maximum Gasteiger partial charge on any atom is 0.256 e. The third-order valence-corrected chi connectivity index (χ3v) is 9.41. The molecule has 0 radical (unpaired) electrons. The van der Waals surface area contributed by atoms with Gasteiger partial charge in [-0.1, -0.05) is 12.8 Å². The maximum absolute atomic E-state index is 12.9. The van der Waals surface area contributed by atoms with Gasteiger partial charge in [0.05, 0.1) is 10.5 Å². The van der Waals surface area contributed by atoms with Gasteiger partial charge in [0.1, 0.15) is 5.00 Å². The van der Waals surface area contributed by atoms with Gasteiger partial charge in [-0.15, -0.1) is 23.7 Å². The molecule has 0 spiro atoms. The lowest BCUT2D eigenvalue weighted by Gasteiger charge is -2.23. The van der Waals surface area contributed by atoms with Gasteiger partial charge in [0, 0.05) is 36.6 Å². The number of halogens is 1. The van der Waals surface area contributed by atoms with Gasteiger partial charge in [0.25, 0.3) is 11.8 Å². The molecule has 1 saturated carbocycles. The van der Waals surface area contributed by atoms with Crippen LogP contribution in [0.25, 0.3) is 0 Å². The van der Waals surface area contributed by atoms with Crippen molar-refractivity contribution >= 4 is 50.6 Å². The summed E-state index contributed by atoms with van der Waals surface area (Å²) in [5.74, 6) is -0.966. The van der Waals surface area contributed by atoms with Crippen molar-refractivity contribution in [2.45, 2.75) is 49.6 Å². The van der Waals surface area contributed by atoms with E-state index in [2.05, 4.69) is 10.2 Å². The number of anilines is 1. The maximum atomic E-state index is 12.9. The highest BCUT2D eigenvalue weighted by atomic mass is 35.5. The summed E-state index contributed by atoms with van der Waals surface area (Å²) in [6.45, 7) is 1.53. The molecular weight excluding hydrogens is 484 g/mol. The first-order valence-electron chi connectivity index (χ1n) is 10.7. The van der Waals surface area contributed by atoms with Crippen molar-refractivity contribution in [2.75, 3.05) is 26.0 Å². The molecule has 1 aliphatic carbocycles. The number of hydrogen-bond acceptors (Lipinski definition) is 6. The number of nitrogens with two attached hydrogens (primary N) is 1. The van der Waals surface area contributed by atoms with Crippen LogP contribution in [-0.2, 0) is 23.0 Å². The minimum atomic E-state index is -3.61. The van der Waals surface area contributed by atoms with Gasteiger partial charge in [-0.2, -0.15) is 4.31 Å². The second-order valence-corrected chi connectivity index (χ2v) is 11.6. The van der Waals surface area contributed by atoms with E-state index in [4.69, 9.17) is 5.73 Å². The molecular formula is C22H29ClN4O4S2. The number of carbonyl (C=O) groups excluding carboxylic acids is 2. The average Bonchev–Trinajstić information content (AvgIpc) is 3.40. The van der Waals surface area contributed by atoms with E-state index in [1.54, 1.807) is 7.05 Å². The lowest BCUT2D eigenvalue weighted by atomic mass is 10.0. The van der Waals surface area contributed by atoms with Crippen molar-refractivity contribution in [2.24, 2.45) is 5.73 Å². The first kappa shape index (κ1) is 25.6. The van der Waals surface area contributed by atoms with E-state index in [0.717, 1.165) is 42.7 Å². The number of thiophene rings is 1. The highest BCUT2D eigenvalue weighted by Crippen LogP contribution is 2.37. The molecule has 0 unspecified atom stereocenters. The first-order chi connectivity index (χ1) is 15.2. The van der Waals surface area contributed by atoms with E-state index in [0.29, 0.717) is 29.1 Å². The number of benzene rings is 1. The Kier molecular flexibility index (Phi) is 7.85. The highest BCUT2D eigenvalue weighted by molar-refractivity contribution is 7.89. The Morgan fingerprint density at radius 2 is 1.82 bits per heavy atom. The number of nitrogens with zero attached hydrogens (tertiary/aromatic N) is 2. The molecule has 2 amide bonds. The average molecular weight is 513 g/mol. The summed E-state index contributed by atoms with van der Waals surface area (Å²) in [5.41, 5.74) is 7.21. The van der Waals surface area contributed by atoms with Crippen molar-refractivity contribution in [3.8, 4) is 0 Å². The summed E-state index contributed by atoms with van der Waals surface area (Å²) in [6.07, 6.45) is 4.54. The van der Waals surface area contributed by atoms with Crippen molar-refractivity contribution in [3.63, 3.8) is 0 Å². The number of primary amides is 1. The Balaban J connectivity index is 0.00000306. The number of rotatable bonds is 6. The lowest BCUT2D eigenvalue weighted by Crippen LogP contribution is -2.35. The van der Waals surface area contributed by atoms with E-state index < -0.39 is 21.8 Å². The fourth-order valence-electron chi connectivity index (χ4n) is 4.46. The van der Waals surface area contributed by atoms with Gasteiger partial charge >= 0.3 is 0 Å². The quantitative estimate of drug-likeness (QED) is 0.617. The van der Waals surface area contributed by atoms with Gasteiger partial charge in [-0.3, -0.25) is 9.59 Å². The summed E-state index contributed by atoms with van der Waals surface area (Å²) in [4.78, 5) is 28.3. The number of carbonyl (C=O) groups is 2. The molecule has 1 fully saturated rings. The Morgan fingerprint density at radius 3 is 2.42 bits per heavy atom. The summed E-state index contributed by atoms with van der Waals surface area (Å²) in [7, 11) is 0.0117. The highest BCUT2D eigenvalue weighted by Gasteiger charge is 2.30. The largest absolute Gasteiger partial charge is 0.365 e. The minimum Gasteiger partial charge on any atom is -0.365 e. The number of hydrogen-bond donors (Lipinski definition) is 2. The van der Waals surface area contributed by atoms with Crippen molar-refractivity contribution < 1.29 is 18.0 Å². The van der Waals surface area contributed by atoms with Crippen LogP contribution in [0, 0.1) is 0 Å². The lowest BCUT2D eigenvalue weighted by molar-refractivity contribution is 0.1000. The Hall–Kier alpha value is -1.98. The summed E-state index contributed by atoms with van der Waals surface area (Å²) in [6, 6.07) is 5.93. The molecule has 2 heterocycles. The third-order valence-electron chi connectivity index (χ3n) is 6.35. The van der Waals surface area contributed by atoms with Crippen LogP contribution >= 0.6 is 23.7 Å². The third kappa shape index (κ3) is 5.09. The summed E-state index contributed by atoms with van der Waals surface area (Å²) in [5, 5.41) is 3.25. The monoisotopic (exact) mass is 512 g/mol. The molecule has 11 heteroatoms. The van der Waals surface area contributed by atoms with E-state index >= 15 is 0 Å². The van der Waals surface area contributed by atoms with Gasteiger partial charge in [-0.05, 0) is 56.1 Å². The number of nitrogens with one attached hydrogen (secondary N) is 1.